The first-order valence-corrected chi connectivity index (χ1v) is 8.12. The fraction of sp³-hybridized carbons (Fsp3) is 0.278. The lowest BCUT2D eigenvalue weighted by atomic mass is 9.96. The third-order valence-electron chi connectivity index (χ3n) is 3.91. The fourth-order valence-electron chi connectivity index (χ4n) is 2.65. The van der Waals surface area contributed by atoms with Crippen molar-refractivity contribution in [3.63, 3.8) is 0 Å². The molecule has 1 amide bonds. The van der Waals surface area contributed by atoms with Gasteiger partial charge in [0.1, 0.15) is 18.1 Å². The first kappa shape index (κ1) is 17.5. The van der Waals surface area contributed by atoms with E-state index in [9.17, 15) is 13.6 Å². The zero-order valence-corrected chi connectivity index (χ0v) is 13.9. The van der Waals surface area contributed by atoms with Crippen molar-refractivity contribution in [2.45, 2.75) is 19.6 Å². The van der Waals surface area contributed by atoms with E-state index >= 15 is 0 Å². The van der Waals surface area contributed by atoms with Crippen molar-refractivity contribution < 1.29 is 23.0 Å². The van der Waals surface area contributed by atoms with Crippen LogP contribution in [0.5, 0.6) is 11.5 Å². The molecule has 7 heteroatoms. The summed E-state index contributed by atoms with van der Waals surface area (Å²) < 4.78 is 34.1. The summed E-state index contributed by atoms with van der Waals surface area (Å²) in [5.74, 6) is 0.410. The average molecular weight is 368 g/mol. The van der Waals surface area contributed by atoms with Crippen LogP contribution in [0, 0.1) is 5.92 Å². The number of benzene rings is 2. The third-order valence-corrected chi connectivity index (χ3v) is 4.15. The van der Waals surface area contributed by atoms with E-state index in [4.69, 9.17) is 16.3 Å². The van der Waals surface area contributed by atoms with E-state index in [1.807, 2.05) is 0 Å². The Morgan fingerprint density at radius 2 is 2.04 bits per heavy atom. The van der Waals surface area contributed by atoms with Crippen molar-refractivity contribution in [1.82, 2.24) is 5.32 Å². The van der Waals surface area contributed by atoms with Crippen LogP contribution in [0.15, 0.2) is 42.5 Å². The zero-order chi connectivity index (χ0) is 17.8. The first-order valence-electron chi connectivity index (χ1n) is 7.74. The lowest BCUT2D eigenvalue weighted by Crippen LogP contribution is -2.37. The van der Waals surface area contributed by atoms with Gasteiger partial charge in [-0.05, 0) is 47.9 Å². The quantitative estimate of drug-likeness (QED) is 0.874. The second-order valence-electron chi connectivity index (χ2n) is 5.70. The number of halogens is 3. The van der Waals surface area contributed by atoms with Crippen LogP contribution in [0.3, 0.4) is 0 Å². The van der Waals surface area contributed by atoms with Gasteiger partial charge in [0.05, 0.1) is 5.92 Å². The molecule has 0 aliphatic carbocycles. The lowest BCUT2D eigenvalue weighted by molar-refractivity contribution is -0.126. The summed E-state index contributed by atoms with van der Waals surface area (Å²) in [6.07, 6.45) is 0.558. The van der Waals surface area contributed by atoms with Crippen LogP contribution in [0.4, 0.5) is 8.78 Å². The number of ether oxygens (including phenoxy) is 2. The Balaban J connectivity index is 1.54. The van der Waals surface area contributed by atoms with Crippen molar-refractivity contribution in [2.75, 3.05) is 6.61 Å². The highest BCUT2D eigenvalue weighted by Gasteiger charge is 2.26. The summed E-state index contributed by atoms with van der Waals surface area (Å²) in [7, 11) is 0. The van der Waals surface area contributed by atoms with E-state index in [1.54, 1.807) is 30.3 Å². The van der Waals surface area contributed by atoms with E-state index in [1.165, 1.54) is 12.1 Å². The molecule has 25 heavy (non-hydrogen) atoms. The van der Waals surface area contributed by atoms with Gasteiger partial charge < -0.3 is 14.8 Å². The minimum Gasteiger partial charge on any atom is -0.492 e. The number of rotatable bonds is 5. The number of nitrogens with one attached hydrogen (secondary N) is 1. The minimum atomic E-state index is -2.85. The van der Waals surface area contributed by atoms with E-state index in [-0.39, 0.29) is 17.6 Å². The molecule has 0 unspecified atom stereocenters. The van der Waals surface area contributed by atoms with Crippen molar-refractivity contribution in [3.8, 4) is 11.5 Å². The minimum absolute atomic E-state index is 0.0826. The van der Waals surface area contributed by atoms with Gasteiger partial charge in [-0.15, -0.1) is 0 Å². The molecule has 0 fully saturated rings. The Bertz CT molecular complexity index is 752. The van der Waals surface area contributed by atoms with E-state index in [0.29, 0.717) is 24.6 Å². The molecule has 0 bridgehead atoms. The van der Waals surface area contributed by atoms with Crippen molar-refractivity contribution >= 4 is 17.5 Å². The van der Waals surface area contributed by atoms with Gasteiger partial charge in [0.25, 0.3) is 0 Å². The molecule has 4 nitrogen and oxygen atoms in total. The standard InChI is InChI=1S/C18H16ClF2NO3/c19-14-3-6-16-12(8-14)7-13(10-24-16)17(23)22-9-11-1-4-15(5-2-11)25-18(20)21/h1-6,8,13,18H,7,9-10H2,(H,22,23)/t13-/m0/s1. The molecular weight excluding hydrogens is 352 g/mol. The molecule has 3 rings (SSSR count). The molecule has 2 aromatic carbocycles. The normalized spacial score (nSPS) is 16.1. The average Bonchev–Trinajstić information content (AvgIpc) is 2.59. The molecule has 1 atom stereocenters. The number of amides is 1. The maximum Gasteiger partial charge on any atom is 0.387 e. The largest absolute Gasteiger partial charge is 0.492 e. The molecule has 1 aliphatic heterocycles. The van der Waals surface area contributed by atoms with Gasteiger partial charge >= 0.3 is 6.61 Å². The maximum absolute atomic E-state index is 12.3. The first-order chi connectivity index (χ1) is 12.0. The van der Waals surface area contributed by atoms with Gasteiger partial charge in [-0.25, -0.2) is 0 Å². The second-order valence-corrected chi connectivity index (χ2v) is 6.14. The number of hydrogen-bond donors (Lipinski definition) is 1. The van der Waals surface area contributed by atoms with E-state index in [2.05, 4.69) is 10.1 Å². The molecule has 0 saturated carbocycles. The molecule has 0 radical (unpaired) electrons. The van der Waals surface area contributed by atoms with Crippen molar-refractivity contribution in [1.29, 1.82) is 0 Å². The fourth-order valence-corrected chi connectivity index (χ4v) is 2.85. The van der Waals surface area contributed by atoms with Crippen LogP contribution in [-0.4, -0.2) is 19.1 Å². The highest BCUT2D eigenvalue weighted by Crippen LogP contribution is 2.29. The summed E-state index contributed by atoms with van der Waals surface area (Å²) in [4.78, 5) is 12.3. The van der Waals surface area contributed by atoms with E-state index < -0.39 is 6.61 Å². The smallest absolute Gasteiger partial charge is 0.387 e. The van der Waals surface area contributed by atoms with Gasteiger partial charge in [0, 0.05) is 11.6 Å². The van der Waals surface area contributed by atoms with Crippen LogP contribution < -0.4 is 14.8 Å². The number of fused-ring (bicyclic) bond motifs is 1. The molecule has 0 aromatic heterocycles. The molecule has 132 valence electrons. The van der Waals surface area contributed by atoms with Crippen LogP contribution in [0.1, 0.15) is 11.1 Å². The predicted molar refractivity (Wildman–Crippen MR) is 89.1 cm³/mol. The number of carbonyl (C=O) groups excluding carboxylic acids is 1. The highest BCUT2D eigenvalue weighted by atomic mass is 35.5. The Kier molecular flexibility index (Phi) is 5.38. The molecule has 1 heterocycles. The summed E-state index contributed by atoms with van der Waals surface area (Å²) in [5.41, 5.74) is 1.70. The Morgan fingerprint density at radius 3 is 2.76 bits per heavy atom. The summed E-state index contributed by atoms with van der Waals surface area (Å²) in [6, 6.07) is 11.5. The van der Waals surface area contributed by atoms with Gasteiger partial charge in [-0.1, -0.05) is 23.7 Å². The lowest BCUT2D eigenvalue weighted by Gasteiger charge is -2.24. The monoisotopic (exact) mass is 367 g/mol. The number of carbonyl (C=O) groups is 1. The van der Waals surface area contributed by atoms with Crippen LogP contribution in [0.25, 0.3) is 0 Å². The summed E-state index contributed by atoms with van der Waals surface area (Å²) >= 11 is 5.98. The maximum atomic E-state index is 12.3. The van der Waals surface area contributed by atoms with Crippen LogP contribution in [0.2, 0.25) is 5.02 Å². The molecule has 1 N–H and O–H groups in total. The van der Waals surface area contributed by atoms with Crippen LogP contribution in [-0.2, 0) is 17.8 Å². The number of hydrogen-bond acceptors (Lipinski definition) is 3. The molecule has 1 aliphatic rings. The predicted octanol–water partition coefficient (Wildman–Crippen LogP) is 3.81. The van der Waals surface area contributed by atoms with Gasteiger partial charge in [0.15, 0.2) is 0 Å². The molecule has 2 aromatic rings. The second kappa shape index (κ2) is 7.70. The number of alkyl halides is 2. The summed E-state index contributed by atoms with van der Waals surface area (Å²) in [6.45, 7) is -2.25. The van der Waals surface area contributed by atoms with Crippen molar-refractivity contribution in [3.05, 3.63) is 58.6 Å². The molecule has 0 saturated heterocycles. The molecular formula is C18H16ClF2NO3. The highest BCUT2D eigenvalue weighted by molar-refractivity contribution is 6.30. The van der Waals surface area contributed by atoms with Gasteiger partial charge in [-0.3, -0.25) is 4.79 Å². The van der Waals surface area contributed by atoms with Gasteiger partial charge in [0.2, 0.25) is 5.91 Å². The topological polar surface area (TPSA) is 47.6 Å². The van der Waals surface area contributed by atoms with Gasteiger partial charge in [-0.2, -0.15) is 8.78 Å². The third kappa shape index (κ3) is 4.60. The Labute approximate surface area is 148 Å². The Hall–Kier alpha value is -2.34. The van der Waals surface area contributed by atoms with E-state index in [0.717, 1.165) is 16.9 Å². The Morgan fingerprint density at radius 1 is 1.28 bits per heavy atom. The summed E-state index contributed by atoms with van der Waals surface area (Å²) in [5, 5.41) is 3.44. The zero-order valence-electron chi connectivity index (χ0n) is 13.2. The van der Waals surface area contributed by atoms with Crippen LogP contribution >= 0.6 is 11.6 Å². The molecule has 0 spiro atoms. The SMILES string of the molecule is O=C(NCc1ccc(OC(F)F)cc1)[C@@H]1COc2ccc(Cl)cc2C1. The van der Waals surface area contributed by atoms with Crippen molar-refractivity contribution in [2.24, 2.45) is 5.92 Å².